The van der Waals surface area contributed by atoms with Crippen LogP contribution in [0.4, 0.5) is 4.79 Å². The summed E-state index contributed by atoms with van der Waals surface area (Å²) in [5.41, 5.74) is 1.98. The van der Waals surface area contributed by atoms with E-state index in [-0.39, 0.29) is 19.1 Å². The zero-order valence-electron chi connectivity index (χ0n) is 17.0. The zero-order valence-corrected chi connectivity index (χ0v) is 17.0. The lowest BCUT2D eigenvalue weighted by atomic mass is 10.1. The van der Waals surface area contributed by atoms with Crippen LogP contribution < -0.4 is 5.32 Å². The normalized spacial score (nSPS) is 11.7. The Morgan fingerprint density at radius 3 is 2.00 bits per heavy atom. The van der Waals surface area contributed by atoms with E-state index in [4.69, 9.17) is 14.2 Å². The smallest absolute Gasteiger partial charge is 0.408 e. The third-order valence-electron chi connectivity index (χ3n) is 4.20. The average molecular weight is 399 g/mol. The standard InChI is InChI=1S/C23H29NO5/c1-18(2)21(24-23(26)29-17-20-12-7-4-8-13-20)22(25)28-15-9-14-27-16-19-10-5-3-6-11-19/h3-8,10-13,18,21H,9,14-17H2,1-2H3,(H,24,26)/t21-/m0/s1. The minimum atomic E-state index is -0.761. The molecule has 0 aliphatic heterocycles. The topological polar surface area (TPSA) is 73.9 Å². The SMILES string of the molecule is CC(C)[C@H](NC(=O)OCc1ccccc1)C(=O)OCCCOCc1ccccc1. The van der Waals surface area contributed by atoms with Gasteiger partial charge in [-0.3, -0.25) is 0 Å². The molecule has 0 spiro atoms. The molecule has 29 heavy (non-hydrogen) atoms. The van der Waals surface area contributed by atoms with Gasteiger partial charge in [-0.25, -0.2) is 9.59 Å². The van der Waals surface area contributed by atoms with Crippen molar-refractivity contribution >= 4 is 12.1 Å². The van der Waals surface area contributed by atoms with E-state index in [1.54, 1.807) is 0 Å². The molecule has 156 valence electrons. The van der Waals surface area contributed by atoms with Crippen molar-refractivity contribution in [2.45, 2.75) is 39.5 Å². The van der Waals surface area contributed by atoms with Gasteiger partial charge in [0.25, 0.3) is 0 Å². The first-order chi connectivity index (χ1) is 14.1. The van der Waals surface area contributed by atoms with Crippen molar-refractivity contribution in [3.05, 3.63) is 71.8 Å². The molecule has 0 aliphatic rings. The highest BCUT2D eigenvalue weighted by molar-refractivity contribution is 5.81. The Hall–Kier alpha value is -2.86. The highest BCUT2D eigenvalue weighted by Crippen LogP contribution is 2.07. The number of amides is 1. The largest absolute Gasteiger partial charge is 0.464 e. The summed E-state index contributed by atoms with van der Waals surface area (Å²) < 4.78 is 16.0. The lowest BCUT2D eigenvalue weighted by Crippen LogP contribution is -2.45. The summed E-state index contributed by atoms with van der Waals surface area (Å²) >= 11 is 0. The first-order valence-electron chi connectivity index (χ1n) is 9.82. The van der Waals surface area contributed by atoms with Crippen molar-refractivity contribution < 1.29 is 23.8 Å². The van der Waals surface area contributed by atoms with Crippen LogP contribution in [0.2, 0.25) is 0 Å². The molecule has 1 N–H and O–H groups in total. The van der Waals surface area contributed by atoms with Crippen molar-refractivity contribution in [2.75, 3.05) is 13.2 Å². The van der Waals surface area contributed by atoms with Crippen LogP contribution in [0.15, 0.2) is 60.7 Å². The number of rotatable bonds is 11. The van der Waals surface area contributed by atoms with Crippen LogP contribution in [0.3, 0.4) is 0 Å². The van der Waals surface area contributed by atoms with Gasteiger partial charge in [0, 0.05) is 6.42 Å². The van der Waals surface area contributed by atoms with Crippen molar-refractivity contribution in [1.29, 1.82) is 0 Å². The van der Waals surface area contributed by atoms with Gasteiger partial charge in [0.2, 0.25) is 0 Å². The van der Waals surface area contributed by atoms with Gasteiger partial charge < -0.3 is 19.5 Å². The van der Waals surface area contributed by atoms with E-state index in [0.29, 0.717) is 19.6 Å². The number of hydrogen-bond acceptors (Lipinski definition) is 5. The van der Waals surface area contributed by atoms with Crippen LogP contribution in [0.5, 0.6) is 0 Å². The van der Waals surface area contributed by atoms with E-state index in [9.17, 15) is 9.59 Å². The maximum Gasteiger partial charge on any atom is 0.408 e. The molecule has 6 nitrogen and oxygen atoms in total. The van der Waals surface area contributed by atoms with Crippen LogP contribution in [0, 0.1) is 5.92 Å². The van der Waals surface area contributed by atoms with Crippen molar-refractivity contribution in [3.63, 3.8) is 0 Å². The molecule has 0 radical (unpaired) electrons. The molecule has 0 fully saturated rings. The van der Waals surface area contributed by atoms with Crippen molar-refractivity contribution in [3.8, 4) is 0 Å². The Morgan fingerprint density at radius 2 is 1.41 bits per heavy atom. The lowest BCUT2D eigenvalue weighted by molar-refractivity contribution is -0.147. The molecule has 2 aromatic rings. The predicted molar refractivity (Wildman–Crippen MR) is 110 cm³/mol. The summed E-state index contributed by atoms with van der Waals surface area (Å²) in [6.07, 6.45) is -0.0577. The van der Waals surface area contributed by atoms with Crippen LogP contribution in [0.25, 0.3) is 0 Å². The van der Waals surface area contributed by atoms with Gasteiger partial charge in [0.15, 0.2) is 0 Å². The number of nitrogens with one attached hydrogen (secondary N) is 1. The van der Waals surface area contributed by atoms with Gasteiger partial charge in [-0.15, -0.1) is 0 Å². The van der Waals surface area contributed by atoms with Gasteiger partial charge >= 0.3 is 12.1 Å². The molecule has 1 atom stereocenters. The summed E-state index contributed by atoms with van der Waals surface area (Å²) in [7, 11) is 0. The second-order valence-electron chi connectivity index (χ2n) is 6.99. The number of alkyl carbamates (subject to hydrolysis) is 1. The van der Waals surface area contributed by atoms with E-state index in [2.05, 4.69) is 5.32 Å². The molecular weight excluding hydrogens is 370 g/mol. The summed E-state index contributed by atoms with van der Waals surface area (Å²) in [4.78, 5) is 24.3. The maximum absolute atomic E-state index is 12.3. The molecular formula is C23H29NO5. The fraction of sp³-hybridized carbons (Fsp3) is 0.391. The average Bonchev–Trinajstić information content (AvgIpc) is 2.74. The van der Waals surface area contributed by atoms with E-state index >= 15 is 0 Å². The molecule has 0 saturated carbocycles. The molecule has 0 saturated heterocycles. The Bertz CT molecular complexity index is 733. The van der Waals surface area contributed by atoms with Gasteiger partial charge in [0.1, 0.15) is 12.6 Å². The molecule has 2 aromatic carbocycles. The Balaban J connectivity index is 1.65. The number of ether oxygens (including phenoxy) is 3. The predicted octanol–water partition coefficient (Wildman–Crippen LogP) is 4.09. The number of hydrogen-bond donors (Lipinski definition) is 1. The second-order valence-corrected chi connectivity index (χ2v) is 6.99. The Kier molecular flexibility index (Phi) is 9.72. The molecule has 6 heteroatoms. The van der Waals surface area contributed by atoms with Crippen LogP contribution in [-0.4, -0.2) is 31.3 Å². The number of benzene rings is 2. The monoisotopic (exact) mass is 399 g/mol. The minimum absolute atomic E-state index is 0.124. The first-order valence-corrected chi connectivity index (χ1v) is 9.82. The third-order valence-corrected chi connectivity index (χ3v) is 4.20. The van der Waals surface area contributed by atoms with Gasteiger partial charge in [-0.1, -0.05) is 74.5 Å². The summed E-state index contributed by atoms with van der Waals surface area (Å²) in [6, 6.07) is 18.5. The highest BCUT2D eigenvalue weighted by atomic mass is 16.6. The molecule has 0 aliphatic carbocycles. The number of carbonyl (C=O) groups excluding carboxylic acids is 2. The zero-order chi connectivity index (χ0) is 20.9. The van der Waals surface area contributed by atoms with Crippen LogP contribution >= 0.6 is 0 Å². The minimum Gasteiger partial charge on any atom is -0.464 e. The molecule has 0 heterocycles. The van der Waals surface area contributed by atoms with Crippen molar-refractivity contribution in [1.82, 2.24) is 5.32 Å². The van der Waals surface area contributed by atoms with Crippen LogP contribution in [-0.2, 0) is 32.2 Å². The molecule has 1 amide bonds. The molecule has 0 unspecified atom stereocenters. The van der Waals surface area contributed by atoms with E-state index in [1.807, 2.05) is 74.5 Å². The number of esters is 1. The molecule has 2 rings (SSSR count). The van der Waals surface area contributed by atoms with Crippen molar-refractivity contribution in [2.24, 2.45) is 5.92 Å². The highest BCUT2D eigenvalue weighted by Gasteiger charge is 2.26. The van der Waals surface area contributed by atoms with E-state index in [0.717, 1.165) is 11.1 Å². The summed E-state index contributed by atoms with van der Waals surface area (Å²) in [6.45, 7) is 5.07. The number of carbonyl (C=O) groups is 2. The van der Waals surface area contributed by atoms with E-state index < -0.39 is 18.1 Å². The lowest BCUT2D eigenvalue weighted by Gasteiger charge is -2.20. The van der Waals surface area contributed by atoms with Gasteiger partial charge in [0.05, 0.1) is 19.8 Å². The molecule has 0 aromatic heterocycles. The Morgan fingerprint density at radius 1 is 0.828 bits per heavy atom. The first kappa shape index (κ1) is 22.4. The third kappa shape index (κ3) is 8.79. The molecule has 0 bridgehead atoms. The van der Waals surface area contributed by atoms with E-state index in [1.165, 1.54) is 0 Å². The van der Waals surface area contributed by atoms with Crippen LogP contribution in [0.1, 0.15) is 31.4 Å². The maximum atomic E-state index is 12.3. The van der Waals surface area contributed by atoms with Gasteiger partial charge in [-0.2, -0.15) is 0 Å². The quantitative estimate of drug-likeness (QED) is 0.455. The fourth-order valence-corrected chi connectivity index (χ4v) is 2.58. The summed E-state index contributed by atoms with van der Waals surface area (Å²) in [5.74, 6) is -0.596. The second kappa shape index (κ2) is 12.6. The van der Waals surface area contributed by atoms with Gasteiger partial charge in [-0.05, 0) is 17.0 Å². The Labute approximate surface area is 172 Å². The fourth-order valence-electron chi connectivity index (χ4n) is 2.58. The summed E-state index contributed by atoms with van der Waals surface area (Å²) in [5, 5.41) is 2.59.